The average Bonchev–Trinajstić information content (AvgIpc) is 3.22. The molecular weight excluding hydrogens is 442 g/mol. The van der Waals surface area contributed by atoms with Gasteiger partial charge in [-0.3, -0.25) is 9.78 Å². The van der Waals surface area contributed by atoms with Gasteiger partial charge >= 0.3 is 0 Å². The second kappa shape index (κ2) is 8.08. The molecule has 3 aromatic heterocycles. The molecule has 0 saturated carbocycles. The molecule has 0 bridgehead atoms. The predicted octanol–water partition coefficient (Wildman–Crippen LogP) is 3.49. The molecule has 0 fully saturated rings. The van der Waals surface area contributed by atoms with E-state index in [2.05, 4.69) is 20.3 Å². The van der Waals surface area contributed by atoms with Gasteiger partial charge in [-0.15, -0.1) is 0 Å². The molecule has 32 heavy (non-hydrogen) atoms. The number of hydrogen-bond donors (Lipinski definition) is 1. The lowest BCUT2D eigenvalue weighted by Crippen LogP contribution is -2.23. The summed E-state index contributed by atoms with van der Waals surface area (Å²) in [4.78, 5) is 23.6. The Balaban J connectivity index is 1.47. The smallest absolute Gasteiger partial charge is 0.287 e. The number of hydrogen-bond acceptors (Lipinski definition) is 7. The first-order valence-electron chi connectivity index (χ1n) is 9.31. The van der Waals surface area contributed by atoms with Crippen molar-refractivity contribution in [3.63, 3.8) is 0 Å². The van der Waals surface area contributed by atoms with Crippen LogP contribution in [0.1, 0.15) is 28.9 Å². The topological polar surface area (TPSA) is 115 Å². The van der Waals surface area contributed by atoms with Crippen LogP contribution < -0.4 is 5.32 Å². The zero-order chi connectivity index (χ0) is 22.9. The van der Waals surface area contributed by atoms with Crippen LogP contribution in [0.4, 0.5) is 8.78 Å². The Bertz CT molecular complexity index is 1360. The van der Waals surface area contributed by atoms with E-state index in [1.54, 1.807) is 18.3 Å². The van der Waals surface area contributed by atoms with Gasteiger partial charge in [0, 0.05) is 36.5 Å². The number of aromatic nitrogens is 3. The van der Waals surface area contributed by atoms with Gasteiger partial charge in [-0.2, -0.15) is 0 Å². The molecule has 4 rings (SSSR count). The minimum atomic E-state index is -4.09. The number of halogens is 2. The van der Waals surface area contributed by atoms with Crippen molar-refractivity contribution in [3.8, 4) is 0 Å². The van der Waals surface area contributed by atoms with E-state index in [9.17, 15) is 22.0 Å². The maximum Gasteiger partial charge on any atom is 0.287 e. The fourth-order valence-electron chi connectivity index (χ4n) is 2.89. The Morgan fingerprint density at radius 2 is 1.84 bits per heavy atom. The maximum atomic E-state index is 13.5. The van der Waals surface area contributed by atoms with Crippen LogP contribution in [0.5, 0.6) is 0 Å². The largest absolute Gasteiger partial charge is 0.449 e. The summed E-state index contributed by atoms with van der Waals surface area (Å²) >= 11 is 0. The molecule has 1 amide bonds. The Labute approximate surface area is 181 Å². The van der Waals surface area contributed by atoms with Gasteiger partial charge in [-0.05, 0) is 24.3 Å². The molecule has 4 aromatic rings. The van der Waals surface area contributed by atoms with Crippen molar-refractivity contribution in [2.24, 2.45) is 0 Å². The molecular formula is C21H16F2N4O4S. The van der Waals surface area contributed by atoms with Crippen molar-refractivity contribution >= 4 is 26.7 Å². The first-order valence-corrected chi connectivity index (χ1v) is 10.8. The molecule has 0 atom stereocenters. The van der Waals surface area contributed by atoms with E-state index in [1.807, 2.05) is 0 Å². The number of nitrogens with one attached hydrogen (secondary N) is 1. The Morgan fingerprint density at radius 3 is 2.53 bits per heavy atom. The monoisotopic (exact) mass is 458 g/mol. The van der Waals surface area contributed by atoms with Crippen molar-refractivity contribution < 1.29 is 26.4 Å². The second-order valence-corrected chi connectivity index (χ2v) is 8.91. The summed E-state index contributed by atoms with van der Waals surface area (Å²) < 4.78 is 58.0. The zero-order valence-corrected chi connectivity index (χ0v) is 17.4. The molecule has 0 spiro atoms. The summed E-state index contributed by atoms with van der Waals surface area (Å²) in [6, 6.07) is 7.82. The van der Waals surface area contributed by atoms with E-state index in [1.165, 1.54) is 18.3 Å². The fourth-order valence-corrected chi connectivity index (χ4v) is 4.08. The highest BCUT2D eigenvalue weighted by Gasteiger charge is 2.27. The molecule has 0 aliphatic carbocycles. The molecule has 1 aromatic carbocycles. The molecule has 8 nitrogen and oxygen atoms in total. The fraction of sp³-hybridized carbons (Fsp3) is 0.143. The number of carbonyl (C=O) groups is 1. The number of sulfone groups is 1. The molecule has 11 heteroatoms. The lowest BCUT2D eigenvalue weighted by Gasteiger charge is -2.12. The van der Waals surface area contributed by atoms with Gasteiger partial charge in [0.2, 0.25) is 9.84 Å². The summed E-state index contributed by atoms with van der Waals surface area (Å²) in [5, 5.41) is 3.30. The molecule has 1 N–H and O–H groups in total. The maximum absolute atomic E-state index is 13.5. The summed E-state index contributed by atoms with van der Waals surface area (Å²) in [5.74, 6) is -3.44. The SMILES string of the molecule is CC(F)(F)c1cccc(S(=O)(=O)c2cnc(CNC(=O)c3cc4ccncc4o3)nc2)c1. The third kappa shape index (κ3) is 4.33. The van der Waals surface area contributed by atoms with Crippen LogP contribution >= 0.6 is 0 Å². The van der Waals surface area contributed by atoms with Crippen LogP contribution in [0.25, 0.3) is 11.0 Å². The first-order chi connectivity index (χ1) is 15.1. The molecule has 0 aliphatic heterocycles. The van der Waals surface area contributed by atoms with E-state index in [0.717, 1.165) is 29.9 Å². The lowest BCUT2D eigenvalue weighted by molar-refractivity contribution is 0.0172. The van der Waals surface area contributed by atoms with Crippen molar-refractivity contribution in [3.05, 3.63) is 78.3 Å². The highest BCUT2D eigenvalue weighted by Crippen LogP contribution is 2.30. The van der Waals surface area contributed by atoms with Crippen molar-refractivity contribution in [1.29, 1.82) is 0 Å². The Morgan fingerprint density at radius 1 is 1.09 bits per heavy atom. The van der Waals surface area contributed by atoms with Crippen molar-refractivity contribution in [2.45, 2.75) is 29.2 Å². The van der Waals surface area contributed by atoms with Crippen LogP contribution in [0.3, 0.4) is 0 Å². The highest BCUT2D eigenvalue weighted by atomic mass is 32.2. The Hall–Kier alpha value is -3.73. The third-order valence-electron chi connectivity index (χ3n) is 4.60. The molecule has 3 heterocycles. The van der Waals surface area contributed by atoms with Gasteiger partial charge in [-0.25, -0.2) is 27.2 Å². The second-order valence-electron chi connectivity index (χ2n) is 6.96. The third-order valence-corrected chi connectivity index (χ3v) is 6.30. The average molecular weight is 458 g/mol. The number of furan rings is 1. The van der Waals surface area contributed by atoms with Gasteiger partial charge in [0.1, 0.15) is 10.7 Å². The number of amides is 1. The first kappa shape index (κ1) is 21.5. The van der Waals surface area contributed by atoms with Gasteiger partial charge in [0.15, 0.2) is 11.3 Å². The molecule has 0 saturated heterocycles. The summed E-state index contributed by atoms with van der Waals surface area (Å²) in [6.07, 6.45) is 5.19. The number of rotatable bonds is 6. The van der Waals surface area contributed by atoms with E-state index in [4.69, 9.17) is 4.42 Å². The van der Waals surface area contributed by atoms with Crippen LogP contribution in [0.15, 0.2) is 75.4 Å². The highest BCUT2D eigenvalue weighted by molar-refractivity contribution is 7.91. The quantitative estimate of drug-likeness (QED) is 0.470. The lowest BCUT2D eigenvalue weighted by atomic mass is 10.1. The minimum absolute atomic E-state index is 0.0774. The normalized spacial score (nSPS) is 12.1. The number of alkyl halides is 2. The molecule has 0 unspecified atom stereocenters. The van der Waals surface area contributed by atoms with Gasteiger partial charge in [0.25, 0.3) is 11.8 Å². The van der Waals surface area contributed by atoms with Crippen molar-refractivity contribution in [1.82, 2.24) is 20.3 Å². The number of pyridine rings is 1. The van der Waals surface area contributed by atoms with Gasteiger partial charge in [-0.1, -0.05) is 12.1 Å². The molecule has 0 aliphatic rings. The van der Waals surface area contributed by atoms with E-state index in [0.29, 0.717) is 12.5 Å². The standard InChI is InChI=1S/C21H16F2N4O4S/c1-21(22,23)14-3-2-4-15(8-14)32(29,30)16-9-25-19(26-10-16)12-27-20(28)17-7-13-5-6-24-11-18(13)31-17/h2-11H,12H2,1H3,(H,27,28). The van der Waals surface area contributed by atoms with Gasteiger partial charge in [0.05, 0.1) is 17.6 Å². The molecule has 0 radical (unpaired) electrons. The van der Waals surface area contributed by atoms with Crippen molar-refractivity contribution in [2.75, 3.05) is 0 Å². The number of carbonyl (C=O) groups excluding carboxylic acids is 1. The summed E-state index contributed by atoms with van der Waals surface area (Å²) in [6.45, 7) is 0.610. The van der Waals surface area contributed by atoms with E-state index >= 15 is 0 Å². The van der Waals surface area contributed by atoms with E-state index in [-0.39, 0.29) is 27.9 Å². The van der Waals surface area contributed by atoms with E-state index < -0.39 is 27.2 Å². The summed E-state index contributed by atoms with van der Waals surface area (Å²) in [7, 11) is -4.09. The zero-order valence-electron chi connectivity index (χ0n) is 16.6. The minimum Gasteiger partial charge on any atom is -0.449 e. The predicted molar refractivity (Wildman–Crippen MR) is 109 cm³/mol. The van der Waals surface area contributed by atoms with Crippen LogP contribution in [0, 0.1) is 0 Å². The van der Waals surface area contributed by atoms with Crippen LogP contribution in [0.2, 0.25) is 0 Å². The molecule has 164 valence electrons. The van der Waals surface area contributed by atoms with Gasteiger partial charge < -0.3 is 9.73 Å². The Kier molecular flexibility index (Phi) is 5.43. The van der Waals surface area contributed by atoms with Crippen LogP contribution in [-0.2, 0) is 22.3 Å². The number of benzene rings is 1. The summed E-state index contributed by atoms with van der Waals surface area (Å²) in [5.41, 5.74) is 0.0496. The van der Waals surface area contributed by atoms with Crippen LogP contribution in [-0.4, -0.2) is 29.3 Å². The number of nitrogens with zero attached hydrogens (tertiary/aromatic N) is 3. The number of fused-ring (bicyclic) bond motifs is 1.